The second kappa shape index (κ2) is 9.31. The summed E-state index contributed by atoms with van der Waals surface area (Å²) >= 11 is 0. The van der Waals surface area contributed by atoms with Gasteiger partial charge < -0.3 is 14.2 Å². The van der Waals surface area contributed by atoms with Crippen molar-refractivity contribution in [3.63, 3.8) is 0 Å². The SMILES string of the molecule is COc1ncnc(C2CC2)c1-c1nn(C2CCC2)c2c1CN(c1ccc(-c3nc(C(F)(F)F)cn3C)cn1)CC2. The van der Waals surface area contributed by atoms with Crippen molar-refractivity contribution in [2.75, 3.05) is 18.6 Å². The third kappa shape index (κ3) is 4.20. The Balaban J connectivity index is 1.24. The van der Waals surface area contributed by atoms with Crippen LogP contribution in [0.15, 0.2) is 30.9 Å². The van der Waals surface area contributed by atoms with Gasteiger partial charge in [0.2, 0.25) is 5.88 Å². The summed E-state index contributed by atoms with van der Waals surface area (Å²) in [6.45, 7) is 1.36. The van der Waals surface area contributed by atoms with Gasteiger partial charge in [0, 0.05) is 61.7 Å². The van der Waals surface area contributed by atoms with E-state index < -0.39 is 11.9 Å². The maximum atomic E-state index is 13.2. The average molecular weight is 551 g/mol. The Hall–Kier alpha value is -3.96. The number of alkyl halides is 3. The van der Waals surface area contributed by atoms with E-state index in [-0.39, 0.29) is 5.82 Å². The molecule has 4 aromatic heterocycles. The molecule has 12 heteroatoms. The third-order valence-corrected chi connectivity index (χ3v) is 8.24. The molecule has 0 atom stereocenters. The molecule has 4 aromatic rings. The molecule has 0 radical (unpaired) electrons. The maximum absolute atomic E-state index is 13.2. The summed E-state index contributed by atoms with van der Waals surface area (Å²) in [6.07, 6.45) is 6.13. The van der Waals surface area contributed by atoms with E-state index in [9.17, 15) is 13.2 Å². The fourth-order valence-corrected chi connectivity index (χ4v) is 5.78. The Morgan fingerprint density at radius 3 is 2.50 bits per heavy atom. The Labute approximate surface area is 229 Å². The van der Waals surface area contributed by atoms with Gasteiger partial charge in [0.25, 0.3) is 0 Å². The molecular formula is C28H29F3N8O. The van der Waals surface area contributed by atoms with E-state index in [1.165, 1.54) is 16.7 Å². The lowest BCUT2D eigenvalue weighted by atomic mass is 9.92. The number of aryl methyl sites for hydroxylation is 1. The van der Waals surface area contributed by atoms with Gasteiger partial charge in [0.1, 0.15) is 23.7 Å². The van der Waals surface area contributed by atoms with Crippen molar-refractivity contribution >= 4 is 5.82 Å². The van der Waals surface area contributed by atoms with Crippen molar-refractivity contribution in [3.05, 3.63) is 53.5 Å². The second-order valence-electron chi connectivity index (χ2n) is 10.9. The molecule has 0 bridgehead atoms. The number of halogens is 3. The molecule has 2 aliphatic carbocycles. The molecular weight excluding hydrogens is 521 g/mol. The number of pyridine rings is 1. The molecule has 5 heterocycles. The zero-order valence-corrected chi connectivity index (χ0v) is 22.3. The molecule has 208 valence electrons. The average Bonchev–Trinajstić information content (AvgIpc) is 3.60. The predicted octanol–water partition coefficient (Wildman–Crippen LogP) is 5.33. The minimum atomic E-state index is -4.50. The molecule has 7 rings (SSSR count). The third-order valence-electron chi connectivity index (χ3n) is 8.24. The van der Waals surface area contributed by atoms with Crippen LogP contribution >= 0.6 is 0 Å². The highest BCUT2D eigenvalue weighted by molar-refractivity contribution is 5.73. The zero-order chi connectivity index (χ0) is 27.6. The van der Waals surface area contributed by atoms with Crippen LogP contribution in [0.25, 0.3) is 22.6 Å². The molecule has 2 saturated carbocycles. The zero-order valence-electron chi connectivity index (χ0n) is 22.3. The van der Waals surface area contributed by atoms with Crippen LogP contribution in [-0.2, 0) is 26.2 Å². The first-order chi connectivity index (χ1) is 19.3. The number of methoxy groups -OCH3 is 1. The Kier molecular flexibility index (Phi) is 5.83. The summed E-state index contributed by atoms with van der Waals surface area (Å²) in [4.78, 5) is 19.7. The fourth-order valence-electron chi connectivity index (χ4n) is 5.78. The van der Waals surface area contributed by atoms with E-state index in [2.05, 4.69) is 29.5 Å². The standard InChI is InChI=1S/C28H29F3N8O/c1-37-14-21(28(29,30)31)35-26(37)17-8-9-22(32-12-17)38-11-10-20-19(13-38)25(36-39(20)18-4-3-5-18)23-24(16-6-7-16)33-15-34-27(23)40-2/h8-9,12,14-16,18H,3-7,10-11,13H2,1-2H3. The van der Waals surface area contributed by atoms with Crippen LogP contribution in [-0.4, -0.2) is 47.9 Å². The number of anilines is 1. The molecule has 1 aliphatic heterocycles. The lowest BCUT2D eigenvalue weighted by Crippen LogP contribution is -2.32. The molecule has 2 fully saturated rings. The summed E-state index contributed by atoms with van der Waals surface area (Å²) in [5.74, 6) is 1.92. The van der Waals surface area contributed by atoms with Crippen LogP contribution in [0.3, 0.4) is 0 Å². The van der Waals surface area contributed by atoms with E-state index in [1.54, 1.807) is 32.7 Å². The monoisotopic (exact) mass is 550 g/mol. The quantitative estimate of drug-likeness (QED) is 0.321. The number of aromatic nitrogens is 7. The van der Waals surface area contributed by atoms with Gasteiger partial charge in [-0.3, -0.25) is 4.68 Å². The second-order valence-corrected chi connectivity index (χ2v) is 10.9. The van der Waals surface area contributed by atoms with E-state index in [4.69, 9.17) is 9.84 Å². The smallest absolute Gasteiger partial charge is 0.434 e. The number of nitrogens with zero attached hydrogens (tertiary/aromatic N) is 8. The van der Waals surface area contributed by atoms with Crippen molar-refractivity contribution in [3.8, 4) is 28.5 Å². The first-order valence-electron chi connectivity index (χ1n) is 13.6. The molecule has 0 spiro atoms. The van der Waals surface area contributed by atoms with Crippen molar-refractivity contribution < 1.29 is 17.9 Å². The minimum absolute atomic E-state index is 0.222. The van der Waals surface area contributed by atoms with Crippen LogP contribution in [0.2, 0.25) is 0 Å². The van der Waals surface area contributed by atoms with Gasteiger partial charge in [-0.05, 0) is 44.2 Å². The van der Waals surface area contributed by atoms with E-state index in [0.717, 1.165) is 73.2 Å². The highest BCUT2D eigenvalue weighted by atomic mass is 19.4. The van der Waals surface area contributed by atoms with Crippen LogP contribution in [0, 0.1) is 0 Å². The van der Waals surface area contributed by atoms with Crippen molar-refractivity contribution in [2.45, 2.75) is 63.2 Å². The number of hydrogen-bond donors (Lipinski definition) is 0. The van der Waals surface area contributed by atoms with Gasteiger partial charge in [-0.2, -0.15) is 18.3 Å². The first kappa shape index (κ1) is 25.0. The summed E-state index contributed by atoms with van der Waals surface area (Å²) in [5, 5.41) is 5.18. The van der Waals surface area contributed by atoms with Gasteiger partial charge in [0.15, 0.2) is 5.69 Å². The number of fused-ring (bicyclic) bond motifs is 1. The lowest BCUT2D eigenvalue weighted by Gasteiger charge is -2.32. The van der Waals surface area contributed by atoms with E-state index in [0.29, 0.717) is 29.9 Å². The predicted molar refractivity (Wildman–Crippen MR) is 141 cm³/mol. The maximum Gasteiger partial charge on any atom is 0.434 e. The van der Waals surface area contributed by atoms with Crippen molar-refractivity contribution in [1.82, 2.24) is 34.3 Å². The molecule has 0 saturated heterocycles. The van der Waals surface area contributed by atoms with Gasteiger partial charge in [-0.25, -0.2) is 19.9 Å². The normalized spacial score (nSPS) is 17.6. The minimum Gasteiger partial charge on any atom is -0.480 e. The lowest BCUT2D eigenvalue weighted by molar-refractivity contribution is -0.140. The summed E-state index contributed by atoms with van der Waals surface area (Å²) in [7, 11) is 3.19. The summed E-state index contributed by atoms with van der Waals surface area (Å²) in [5.41, 5.74) is 4.77. The van der Waals surface area contributed by atoms with Gasteiger partial charge in [-0.1, -0.05) is 0 Å². The van der Waals surface area contributed by atoms with Crippen molar-refractivity contribution in [1.29, 1.82) is 0 Å². The van der Waals surface area contributed by atoms with Gasteiger partial charge in [0.05, 0.1) is 24.4 Å². The Morgan fingerprint density at radius 1 is 1.05 bits per heavy atom. The Morgan fingerprint density at radius 2 is 1.88 bits per heavy atom. The largest absolute Gasteiger partial charge is 0.480 e. The Bertz CT molecular complexity index is 1570. The van der Waals surface area contributed by atoms with Crippen LogP contribution in [0.5, 0.6) is 5.88 Å². The molecule has 40 heavy (non-hydrogen) atoms. The van der Waals surface area contributed by atoms with Gasteiger partial charge in [-0.15, -0.1) is 0 Å². The van der Waals surface area contributed by atoms with Crippen LogP contribution < -0.4 is 9.64 Å². The summed E-state index contributed by atoms with van der Waals surface area (Å²) < 4.78 is 48.8. The first-order valence-corrected chi connectivity index (χ1v) is 13.6. The topological polar surface area (TPSA) is 86.8 Å². The number of imidazole rings is 1. The fraction of sp³-hybridized carbons (Fsp3) is 0.464. The molecule has 0 amide bonds. The van der Waals surface area contributed by atoms with Crippen LogP contribution in [0.1, 0.15) is 66.7 Å². The van der Waals surface area contributed by atoms with Crippen LogP contribution in [0.4, 0.5) is 19.0 Å². The molecule has 0 N–H and O–H groups in total. The summed E-state index contributed by atoms with van der Waals surface area (Å²) in [6, 6.07) is 4.03. The van der Waals surface area contributed by atoms with Crippen molar-refractivity contribution in [2.24, 2.45) is 7.05 Å². The highest BCUT2D eigenvalue weighted by Crippen LogP contribution is 2.47. The van der Waals surface area contributed by atoms with E-state index >= 15 is 0 Å². The molecule has 0 unspecified atom stereocenters. The highest BCUT2D eigenvalue weighted by Gasteiger charge is 2.37. The molecule has 9 nitrogen and oxygen atoms in total. The number of ether oxygens (including phenoxy) is 1. The number of rotatable bonds is 6. The molecule has 0 aromatic carbocycles. The molecule has 3 aliphatic rings. The number of hydrogen-bond acceptors (Lipinski definition) is 7. The van der Waals surface area contributed by atoms with E-state index in [1.807, 2.05) is 6.07 Å². The van der Waals surface area contributed by atoms with Gasteiger partial charge >= 0.3 is 6.18 Å².